The summed E-state index contributed by atoms with van der Waals surface area (Å²) in [4.78, 5) is 23.5. The lowest BCUT2D eigenvalue weighted by molar-refractivity contribution is -0.158. The van der Waals surface area contributed by atoms with Gasteiger partial charge in [0.05, 0.1) is 11.8 Å². The van der Waals surface area contributed by atoms with Crippen LogP contribution in [0.5, 0.6) is 0 Å². The Bertz CT molecular complexity index is 411. The molecule has 0 radical (unpaired) electrons. The second kappa shape index (κ2) is 14.0. The SMILES string of the molecule is CCCC(CCCCCCCCC(C)C)OC(=O)C1CCC(C(=O)O)CC1. The van der Waals surface area contributed by atoms with Crippen LogP contribution in [0.2, 0.25) is 0 Å². The summed E-state index contributed by atoms with van der Waals surface area (Å²) in [6.45, 7) is 6.70. The fourth-order valence-electron chi connectivity index (χ4n) is 4.05. The highest BCUT2D eigenvalue weighted by atomic mass is 16.5. The second-order valence-corrected chi connectivity index (χ2v) is 8.83. The summed E-state index contributed by atoms with van der Waals surface area (Å²) < 4.78 is 5.81. The Labute approximate surface area is 166 Å². The number of esters is 1. The number of hydrogen-bond acceptors (Lipinski definition) is 3. The van der Waals surface area contributed by atoms with Crippen molar-refractivity contribution in [3.05, 3.63) is 0 Å². The fourth-order valence-corrected chi connectivity index (χ4v) is 4.05. The van der Waals surface area contributed by atoms with Crippen LogP contribution in [0.1, 0.15) is 111 Å². The molecule has 158 valence electrons. The van der Waals surface area contributed by atoms with Gasteiger partial charge in [0, 0.05) is 0 Å². The molecule has 0 spiro atoms. The van der Waals surface area contributed by atoms with Gasteiger partial charge in [0.15, 0.2) is 0 Å². The highest BCUT2D eigenvalue weighted by molar-refractivity contribution is 5.74. The van der Waals surface area contributed by atoms with Crippen molar-refractivity contribution < 1.29 is 19.4 Å². The quantitative estimate of drug-likeness (QED) is 0.280. The molecule has 1 fully saturated rings. The smallest absolute Gasteiger partial charge is 0.309 e. The lowest BCUT2D eigenvalue weighted by atomic mass is 9.82. The highest BCUT2D eigenvalue weighted by Crippen LogP contribution is 2.30. The Hall–Kier alpha value is -1.06. The van der Waals surface area contributed by atoms with Crippen LogP contribution in [-0.2, 0) is 14.3 Å². The second-order valence-electron chi connectivity index (χ2n) is 8.83. The van der Waals surface area contributed by atoms with Gasteiger partial charge in [-0.05, 0) is 50.9 Å². The average molecular weight is 383 g/mol. The van der Waals surface area contributed by atoms with E-state index in [9.17, 15) is 9.59 Å². The van der Waals surface area contributed by atoms with Crippen LogP contribution >= 0.6 is 0 Å². The first-order chi connectivity index (χ1) is 12.9. The minimum Gasteiger partial charge on any atom is -0.481 e. The molecule has 1 aliphatic carbocycles. The zero-order chi connectivity index (χ0) is 20.1. The molecule has 0 bridgehead atoms. The molecule has 27 heavy (non-hydrogen) atoms. The molecule has 0 saturated heterocycles. The van der Waals surface area contributed by atoms with E-state index in [2.05, 4.69) is 20.8 Å². The van der Waals surface area contributed by atoms with Crippen LogP contribution in [0.3, 0.4) is 0 Å². The van der Waals surface area contributed by atoms with Gasteiger partial charge in [-0.25, -0.2) is 0 Å². The molecule has 1 atom stereocenters. The van der Waals surface area contributed by atoms with Crippen molar-refractivity contribution in [1.29, 1.82) is 0 Å². The lowest BCUT2D eigenvalue weighted by Crippen LogP contribution is -2.29. The minimum atomic E-state index is -0.727. The molecule has 0 amide bonds. The zero-order valence-corrected chi connectivity index (χ0v) is 17.9. The summed E-state index contributed by atoms with van der Waals surface area (Å²) in [5, 5.41) is 9.08. The molecular weight excluding hydrogens is 340 g/mol. The van der Waals surface area contributed by atoms with Gasteiger partial charge in [0.2, 0.25) is 0 Å². The molecule has 4 nitrogen and oxygen atoms in total. The monoisotopic (exact) mass is 382 g/mol. The predicted octanol–water partition coefficient (Wildman–Crippen LogP) is 6.37. The third-order valence-electron chi connectivity index (χ3n) is 5.86. The molecule has 0 aromatic carbocycles. The predicted molar refractivity (Wildman–Crippen MR) is 110 cm³/mol. The number of carboxylic acids is 1. The van der Waals surface area contributed by atoms with E-state index in [0.29, 0.717) is 25.7 Å². The molecule has 0 aliphatic heterocycles. The van der Waals surface area contributed by atoms with Gasteiger partial charge >= 0.3 is 11.9 Å². The number of aliphatic carboxylic acids is 1. The van der Waals surface area contributed by atoms with Crippen molar-refractivity contribution in [1.82, 2.24) is 0 Å². The van der Waals surface area contributed by atoms with Crippen molar-refractivity contribution in [3.8, 4) is 0 Å². The van der Waals surface area contributed by atoms with Gasteiger partial charge in [0.1, 0.15) is 6.10 Å². The summed E-state index contributed by atoms with van der Waals surface area (Å²) in [7, 11) is 0. The maximum atomic E-state index is 12.5. The van der Waals surface area contributed by atoms with Gasteiger partial charge in [-0.2, -0.15) is 0 Å². The Morgan fingerprint density at radius 2 is 1.37 bits per heavy atom. The number of carbonyl (C=O) groups is 2. The van der Waals surface area contributed by atoms with Gasteiger partial charge in [-0.1, -0.05) is 65.7 Å². The van der Waals surface area contributed by atoms with Crippen molar-refractivity contribution in [3.63, 3.8) is 0 Å². The fraction of sp³-hybridized carbons (Fsp3) is 0.913. The molecular formula is C23H42O4. The first-order valence-corrected chi connectivity index (χ1v) is 11.4. The molecule has 1 rings (SSSR count). The van der Waals surface area contributed by atoms with Crippen LogP contribution in [0.25, 0.3) is 0 Å². The standard InChI is InChI=1S/C23H42O4/c1-4-11-21(13-10-8-6-5-7-9-12-18(2)3)27-23(26)20-16-14-19(15-17-20)22(24)25/h18-21H,4-17H2,1-3H3,(H,24,25). The Balaban J connectivity index is 2.19. The maximum Gasteiger partial charge on any atom is 0.309 e. The normalized spacial score (nSPS) is 21.2. The Morgan fingerprint density at radius 1 is 0.852 bits per heavy atom. The summed E-state index contributed by atoms with van der Waals surface area (Å²) in [6, 6.07) is 0. The van der Waals surface area contributed by atoms with E-state index in [1.807, 2.05) is 0 Å². The summed E-state index contributed by atoms with van der Waals surface area (Å²) >= 11 is 0. The molecule has 1 unspecified atom stereocenters. The first kappa shape index (κ1) is 24.0. The molecule has 1 N–H and O–H groups in total. The molecule has 0 aromatic heterocycles. The Morgan fingerprint density at radius 3 is 1.89 bits per heavy atom. The van der Waals surface area contributed by atoms with E-state index in [1.54, 1.807) is 0 Å². The summed E-state index contributed by atoms with van der Waals surface area (Å²) in [6.07, 6.45) is 14.5. The van der Waals surface area contributed by atoms with E-state index >= 15 is 0 Å². The van der Waals surface area contributed by atoms with E-state index in [0.717, 1.165) is 31.6 Å². The van der Waals surface area contributed by atoms with Gasteiger partial charge < -0.3 is 9.84 Å². The first-order valence-electron chi connectivity index (χ1n) is 11.4. The third-order valence-corrected chi connectivity index (χ3v) is 5.86. The van der Waals surface area contributed by atoms with Gasteiger partial charge in [0.25, 0.3) is 0 Å². The lowest BCUT2D eigenvalue weighted by Gasteiger charge is -2.26. The Kier molecular flexibility index (Phi) is 12.4. The summed E-state index contributed by atoms with van der Waals surface area (Å²) in [5.74, 6) is -0.378. The third kappa shape index (κ3) is 10.8. The zero-order valence-electron chi connectivity index (χ0n) is 17.9. The van der Waals surface area contributed by atoms with Crippen molar-refractivity contribution in [2.75, 3.05) is 0 Å². The minimum absolute atomic E-state index is 0.0423. The van der Waals surface area contributed by atoms with Crippen molar-refractivity contribution in [2.45, 2.75) is 117 Å². The van der Waals surface area contributed by atoms with Gasteiger partial charge in [-0.3, -0.25) is 9.59 Å². The molecule has 0 aromatic rings. The molecule has 0 heterocycles. The van der Waals surface area contributed by atoms with Crippen molar-refractivity contribution in [2.24, 2.45) is 17.8 Å². The number of hydrogen-bond donors (Lipinski definition) is 1. The van der Waals surface area contributed by atoms with Crippen LogP contribution in [-0.4, -0.2) is 23.1 Å². The van der Waals surface area contributed by atoms with Crippen LogP contribution < -0.4 is 0 Å². The van der Waals surface area contributed by atoms with Crippen LogP contribution in [0.15, 0.2) is 0 Å². The topological polar surface area (TPSA) is 63.6 Å². The van der Waals surface area contributed by atoms with Crippen molar-refractivity contribution >= 4 is 11.9 Å². The number of ether oxygens (including phenoxy) is 1. The van der Waals surface area contributed by atoms with E-state index in [4.69, 9.17) is 9.84 Å². The summed E-state index contributed by atoms with van der Waals surface area (Å²) in [5.41, 5.74) is 0. The van der Waals surface area contributed by atoms with Crippen LogP contribution in [0.4, 0.5) is 0 Å². The number of rotatable bonds is 14. The largest absolute Gasteiger partial charge is 0.481 e. The molecule has 1 saturated carbocycles. The molecule has 4 heteroatoms. The molecule has 1 aliphatic rings. The number of unbranched alkanes of at least 4 members (excludes halogenated alkanes) is 5. The van der Waals surface area contributed by atoms with E-state index < -0.39 is 5.97 Å². The number of carbonyl (C=O) groups excluding carboxylic acids is 1. The number of carboxylic acid groups (broad SMARTS) is 1. The maximum absolute atomic E-state index is 12.5. The van der Waals surface area contributed by atoms with Crippen LogP contribution in [0, 0.1) is 17.8 Å². The van der Waals surface area contributed by atoms with Gasteiger partial charge in [-0.15, -0.1) is 0 Å². The average Bonchev–Trinajstić information content (AvgIpc) is 2.63. The van der Waals surface area contributed by atoms with E-state index in [1.165, 1.54) is 38.5 Å². The van der Waals surface area contributed by atoms with E-state index in [-0.39, 0.29) is 23.9 Å². The highest BCUT2D eigenvalue weighted by Gasteiger charge is 2.31.